The number of nitrogens with zero attached hydrogens (tertiary/aromatic N) is 4. The molecule has 0 aromatic carbocycles. The first kappa shape index (κ1) is 14.6. The van der Waals surface area contributed by atoms with Crippen molar-refractivity contribution in [3.63, 3.8) is 0 Å². The maximum Gasteiger partial charge on any atom is 0.319 e. The first-order chi connectivity index (χ1) is 9.40. The highest BCUT2D eigenvalue weighted by molar-refractivity contribution is 7.17. The van der Waals surface area contributed by atoms with Crippen molar-refractivity contribution in [2.45, 2.75) is 6.92 Å². The van der Waals surface area contributed by atoms with E-state index in [1.807, 2.05) is 0 Å². The maximum atomic E-state index is 12.4. The van der Waals surface area contributed by atoms with Crippen molar-refractivity contribution in [3.05, 3.63) is 10.6 Å². The van der Waals surface area contributed by atoms with Gasteiger partial charge in [0.1, 0.15) is 4.88 Å². The van der Waals surface area contributed by atoms with E-state index in [1.54, 1.807) is 35.7 Å². The van der Waals surface area contributed by atoms with E-state index >= 15 is 0 Å². The summed E-state index contributed by atoms with van der Waals surface area (Å²) >= 11 is 1.21. The zero-order valence-electron chi connectivity index (χ0n) is 11.9. The van der Waals surface area contributed by atoms with Crippen LogP contribution < -0.4 is 5.73 Å². The smallest absolute Gasteiger partial charge is 0.319 e. The Morgan fingerprint density at radius 1 is 1.20 bits per heavy atom. The van der Waals surface area contributed by atoms with E-state index < -0.39 is 0 Å². The van der Waals surface area contributed by atoms with Gasteiger partial charge in [-0.25, -0.2) is 9.78 Å². The van der Waals surface area contributed by atoms with Crippen LogP contribution in [0.3, 0.4) is 0 Å². The molecule has 1 aromatic heterocycles. The van der Waals surface area contributed by atoms with Crippen LogP contribution in [0.25, 0.3) is 0 Å². The third-order valence-corrected chi connectivity index (χ3v) is 4.20. The number of aryl methyl sites for hydroxylation is 1. The van der Waals surface area contributed by atoms with Crippen LogP contribution in [0.4, 0.5) is 9.93 Å². The Labute approximate surface area is 122 Å². The quantitative estimate of drug-likeness (QED) is 0.817. The van der Waals surface area contributed by atoms with E-state index in [1.165, 1.54) is 11.3 Å². The van der Waals surface area contributed by atoms with Gasteiger partial charge in [0, 0.05) is 40.3 Å². The van der Waals surface area contributed by atoms with Gasteiger partial charge in [0.2, 0.25) is 0 Å². The minimum atomic E-state index is -0.0475. The lowest BCUT2D eigenvalue weighted by atomic mass is 10.3. The lowest BCUT2D eigenvalue weighted by molar-refractivity contribution is 0.0654. The Balaban J connectivity index is 1.99. The molecule has 3 amide bonds. The summed E-state index contributed by atoms with van der Waals surface area (Å²) in [5.41, 5.74) is 6.29. The van der Waals surface area contributed by atoms with E-state index in [9.17, 15) is 9.59 Å². The van der Waals surface area contributed by atoms with Gasteiger partial charge in [0.05, 0.1) is 5.69 Å². The van der Waals surface area contributed by atoms with E-state index in [0.29, 0.717) is 41.9 Å². The van der Waals surface area contributed by atoms with Gasteiger partial charge in [0.15, 0.2) is 5.13 Å². The summed E-state index contributed by atoms with van der Waals surface area (Å²) in [6, 6.07) is -0.0182. The number of carbonyl (C=O) groups is 2. The van der Waals surface area contributed by atoms with Crippen LogP contribution in [0.2, 0.25) is 0 Å². The number of amides is 3. The third kappa shape index (κ3) is 2.84. The molecular formula is C12H19N5O2S. The van der Waals surface area contributed by atoms with Crippen LogP contribution in [0.15, 0.2) is 0 Å². The molecule has 0 radical (unpaired) electrons. The molecule has 1 fully saturated rings. The molecule has 2 rings (SSSR count). The highest BCUT2D eigenvalue weighted by atomic mass is 32.1. The van der Waals surface area contributed by atoms with E-state index in [-0.39, 0.29) is 11.9 Å². The Kier molecular flexibility index (Phi) is 4.12. The van der Waals surface area contributed by atoms with Crippen molar-refractivity contribution in [2.24, 2.45) is 0 Å². The van der Waals surface area contributed by atoms with Crippen molar-refractivity contribution in [3.8, 4) is 0 Å². The number of nitrogen functional groups attached to an aromatic ring is 1. The minimum absolute atomic E-state index is 0.0182. The molecule has 1 aliphatic heterocycles. The molecule has 1 saturated heterocycles. The van der Waals surface area contributed by atoms with Crippen LogP contribution in [0, 0.1) is 6.92 Å². The predicted molar refractivity (Wildman–Crippen MR) is 77.8 cm³/mol. The Morgan fingerprint density at radius 3 is 2.20 bits per heavy atom. The van der Waals surface area contributed by atoms with Crippen LogP contribution in [-0.2, 0) is 0 Å². The SMILES string of the molecule is Cc1nc(N)sc1C(=O)N1CCN(C(=O)N(C)C)CC1. The van der Waals surface area contributed by atoms with Crippen molar-refractivity contribution in [1.82, 2.24) is 19.7 Å². The summed E-state index contributed by atoms with van der Waals surface area (Å²) in [7, 11) is 3.45. The van der Waals surface area contributed by atoms with Gasteiger partial charge in [0.25, 0.3) is 5.91 Å². The number of hydrogen-bond acceptors (Lipinski definition) is 5. The van der Waals surface area contributed by atoms with Gasteiger partial charge < -0.3 is 20.4 Å². The van der Waals surface area contributed by atoms with Gasteiger partial charge in [-0.15, -0.1) is 0 Å². The second kappa shape index (κ2) is 5.66. The van der Waals surface area contributed by atoms with Gasteiger partial charge in [-0.2, -0.15) is 0 Å². The molecular weight excluding hydrogens is 278 g/mol. The molecule has 1 aliphatic rings. The largest absolute Gasteiger partial charge is 0.375 e. The fourth-order valence-electron chi connectivity index (χ4n) is 2.14. The van der Waals surface area contributed by atoms with Gasteiger partial charge in [-0.1, -0.05) is 11.3 Å². The highest BCUT2D eigenvalue weighted by Gasteiger charge is 2.27. The number of carbonyl (C=O) groups excluding carboxylic acids is 2. The second-order valence-electron chi connectivity index (χ2n) is 4.92. The molecule has 8 heteroatoms. The normalized spacial score (nSPS) is 15.3. The summed E-state index contributed by atoms with van der Waals surface area (Å²) in [4.78, 5) is 33.9. The van der Waals surface area contributed by atoms with Crippen molar-refractivity contribution >= 4 is 28.4 Å². The molecule has 1 aromatic rings. The third-order valence-electron chi connectivity index (χ3n) is 3.23. The molecule has 2 N–H and O–H groups in total. The topological polar surface area (TPSA) is 82.8 Å². The zero-order valence-corrected chi connectivity index (χ0v) is 12.7. The number of piperazine rings is 1. The van der Waals surface area contributed by atoms with Gasteiger partial charge >= 0.3 is 6.03 Å². The molecule has 20 heavy (non-hydrogen) atoms. The van der Waals surface area contributed by atoms with Crippen molar-refractivity contribution in [1.29, 1.82) is 0 Å². The van der Waals surface area contributed by atoms with Crippen LogP contribution in [0.5, 0.6) is 0 Å². The van der Waals surface area contributed by atoms with Crippen LogP contribution in [-0.4, -0.2) is 71.9 Å². The molecule has 110 valence electrons. The number of thiazole rings is 1. The average molecular weight is 297 g/mol. The number of hydrogen-bond donors (Lipinski definition) is 1. The van der Waals surface area contributed by atoms with Gasteiger partial charge in [-0.3, -0.25) is 4.79 Å². The molecule has 0 spiro atoms. The molecule has 0 atom stereocenters. The van der Waals surface area contributed by atoms with Crippen molar-refractivity contribution in [2.75, 3.05) is 46.0 Å². The first-order valence-electron chi connectivity index (χ1n) is 6.38. The number of aromatic nitrogens is 1. The fraction of sp³-hybridized carbons (Fsp3) is 0.583. The summed E-state index contributed by atoms with van der Waals surface area (Å²) in [6.45, 7) is 3.96. The first-order valence-corrected chi connectivity index (χ1v) is 7.20. The molecule has 2 heterocycles. The minimum Gasteiger partial charge on any atom is -0.375 e. The second-order valence-corrected chi connectivity index (χ2v) is 5.95. The van der Waals surface area contributed by atoms with Crippen LogP contribution in [0.1, 0.15) is 15.4 Å². The summed E-state index contributed by atoms with van der Waals surface area (Å²) in [5, 5.41) is 0.410. The molecule has 0 bridgehead atoms. The predicted octanol–water partition coefficient (Wildman–Crippen LogP) is 0.473. The van der Waals surface area contributed by atoms with E-state index in [0.717, 1.165) is 0 Å². The molecule has 0 unspecified atom stereocenters. The van der Waals surface area contributed by atoms with E-state index in [4.69, 9.17) is 5.73 Å². The Morgan fingerprint density at radius 2 is 1.75 bits per heavy atom. The zero-order chi connectivity index (χ0) is 14.9. The van der Waals surface area contributed by atoms with Crippen molar-refractivity contribution < 1.29 is 9.59 Å². The standard InChI is InChI=1S/C12H19N5O2S/c1-8-9(20-11(13)14-8)10(18)16-4-6-17(7-5-16)12(19)15(2)3/h4-7H2,1-3H3,(H2,13,14). The summed E-state index contributed by atoms with van der Waals surface area (Å²) < 4.78 is 0. The number of anilines is 1. The average Bonchev–Trinajstić information content (AvgIpc) is 2.76. The summed E-state index contributed by atoms with van der Waals surface area (Å²) in [6.07, 6.45) is 0. The molecule has 7 nitrogen and oxygen atoms in total. The number of urea groups is 1. The Hall–Kier alpha value is -1.83. The lowest BCUT2D eigenvalue weighted by Crippen LogP contribution is -2.52. The molecule has 0 saturated carbocycles. The fourth-order valence-corrected chi connectivity index (χ4v) is 2.94. The highest BCUT2D eigenvalue weighted by Crippen LogP contribution is 2.22. The number of rotatable bonds is 1. The van der Waals surface area contributed by atoms with Crippen LogP contribution >= 0.6 is 11.3 Å². The van der Waals surface area contributed by atoms with E-state index in [2.05, 4.69) is 4.98 Å². The molecule has 0 aliphatic carbocycles. The lowest BCUT2D eigenvalue weighted by Gasteiger charge is -2.35. The summed E-state index contributed by atoms with van der Waals surface area (Å²) in [5.74, 6) is -0.0475. The van der Waals surface area contributed by atoms with Gasteiger partial charge in [-0.05, 0) is 6.92 Å². The number of nitrogens with two attached hydrogens (primary N) is 1. The Bertz CT molecular complexity index is 520. The maximum absolute atomic E-state index is 12.4. The monoisotopic (exact) mass is 297 g/mol.